The normalized spacial score (nSPS) is 20.0. The molecule has 0 spiro atoms. The predicted molar refractivity (Wildman–Crippen MR) is 101 cm³/mol. The summed E-state index contributed by atoms with van der Waals surface area (Å²) in [7, 11) is -1.50. The van der Waals surface area contributed by atoms with Crippen LogP contribution in [-0.4, -0.2) is 51.2 Å². The molecule has 1 heterocycles. The molecule has 1 unspecified atom stereocenters. The lowest BCUT2D eigenvalue weighted by Gasteiger charge is -2.32. The van der Waals surface area contributed by atoms with Gasteiger partial charge in [-0.15, -0.1) is 12.4 Å². The van der Waals surface area contributed by atoms with E-state index in [1.807, 2.05) is 13.1 Å². The van der Waals surface area contributed by atoms with Crippen molar-refractivity contribution >= 4 is 28.2 Å². The summed E-state index contributed by atoms with van der Waals surface area (Å²) in [5, 5.41) is 3.20. The summed E-state index contributed by atoms with van der Waals surface area (Å²) in [5.74, 6) is -0.162. The average molecular weight is 387 g/mol. The Morgan fingerprint density at radius 2 is 2.00 bits per heavy atom. The Hall–Kier alpha value is -1.11. The molecule has 1 atom stereocenters. The van der Waals surface area contributed by atoms with Gasteiger partial charge in [-0.2, -0.15) is 0 Å². The number of carbonyl (C=O) groups excluding carboxylic acids is 1. The van der Waals surface area contributed by atoms with Gasteiger partial charge in [0.1, 0.15) is 0 Å². The van der Waals surface area contributed by atoms with Crippen LogP contribution in [0.15, 0.2) is 23.1 Å². The van der Waals surface area contributed by atoms with Crippen molar-refractivity contribution in [1.82, 2.24) is 10.2 Å². The van der Waals surface area contributed by atoms with Crippen LogP contribution in [-0.2, 0) is 27.5 Å². The number of nitrogens with one attached hydrogen (secondary N) is 1. The van der Waals surface area contributed by atoms with Gasteiger partial charge in [-0.25, -0.2) is 8.42 Å². The molecule has 1 saturated heterocycles. The zero-order chi connectivity index (χ0) is 17.2. The van der Waals surface area contributed by atoms with Gasteiger partial charge in [-0.05, 0) is 62.4 Å². The van der Waals surface area contributed by atoms with Crippen molar-refractivity contribution in [1.29, 1.82) is 0 Å². The number of likely N-dealkylation sites (N-methyl/N-ethyl adjacent to an activating group) is 1. The minimum atomic E-state index is -3.40. The van der Waals surface area contributed by atoms with Crippen LogP contribution in [0.2, 0.25) is 0 Å². The molecule has 1 aromatic rings. The molecule has 0 radical (unpaired) electrons. The molecule has 3 rings (SSSR count). The van der Waals surface area contributed by atoms with Crippen LogP contribution in [0, 0.1) is 0 Å². The summed E-state index contributed by atoms with van der Waals surface area (Å²) < 4.78 is 25.1. The molecule has 0 aromatic heterocycles. The van der Waals surface area contributed by atoms with E-state index < -0.39 is 9.84 Å². The molecule has 25 heavy (non-hydrogen) atoms. The number of amides is 1. The molecular weight excluding hydrogens is 360 g/mol. The number of nitrogens with zero attached hydrogens (tertiary/aromatic N) is 1. The molecule has 1 aliphatic carbocycles. The maximum absolute atomic E-state index is 12.6. The zero-order valence-corrected chi connectivity index (χ0v) is 16.3. The third kappa shape index (κ3) is 4.74. The number of sulfone groups is 1. The number of aryl methyl sites for hydroxylation is 2. The topological polar surface area (TPSA) is 66.5 Å². The Labute approximate surface area is 156 Å². The van der Waals surface area contributed by atoms with Crippen LogP contribution < -0.4 is 5.32 Å². The van der Waals surface area contributed by atoms with Crippen molar-refractivity contribution in [3.8, 4) is 0 Å². The quantitative estimate of drug-likeness (QED) is 0.840. The Bertz CT molecular complexity index is 721. The Morgan fingerprint density at radius 1 is 1.24 bits per heavy atom. The number of hydrogen-bond acceptors (Lipinski definition) is 4. The molecule has 1 amide bonds. The van der Waals surface area contributed by atoms with Gasteiger partial charge >= 0.3 is 0 Å². The van der Waals surface area contributed by atoms with E-state index in [2.05, 4.69) is 5.32 Å². The summed E-state index contributed by atoms with van der Waals surface area (Å²) in [4.78, 5) is 14.5. The number of piperidine rings is 1. The Morgan fingerprint density at radius 3 is 2.76 bits per heavy atom. The highest BCUT2D eigenvalue weighted by molar-refractivity contribution is 7.91. The van der Waals surface area contributed by atoms with Crippen LogP contribution >= 0.6 is 12.4 Å². The molecule has 140 valence electrons. The molecule has 1 aliphatic heterocycles. The lowest BCUT2D eigenvalue weighted by Crippen LogP contribution is -2.47. The predicted octanol–water partition coefficient (Wildman–Crippen LogP) is 1.97. The number of carbonyl (C=O) groups is 1. The van der Waals surface area contributed by atoms with Gasteiger partial charge in [0.25, 0.3) is 0 Å². The highest BCUT2D eigenvalue weighted by Crippen LogP contribution is 2.25. The molecule has 5 nitrogen and oxygen atoms in total. The van der Waals surface area contributed by atoms with Gasteiger partial charge in [0.15, 0.2) is 9.84 Å². The molecular formula is C18H27ClN2O3S. The first-order valence-corrected chi connectivity index (χ1v) is 10.4. The summed E-state index contributed by atoms with van der Waals surface area (Å²) >= 11 is 0. The molecule has 2 aliphatic rings. The van der Waals surface area contributed by atoms with Gasteiger partial charge < -0.3 is 10.2 Å². The SMILES string of the molecule is CNC1CCCN(C(=O)CCS(=O)(=O)c2ccc3c(c2)CCC3)C1.Cl. The van der Waals surface area contributed by atoms with E-state index in [1.165, 1.54) is 5.56 Å². The summed E-state index contributed by atoms with van der Waals surface area (Å²) in [6.07, 6.45) is 5.18. The van der Waals surface area contributed by atoms with Crippen LogP contribution in [0.25, 0.3) is 0 Å². The molecule has 1 aromatic carbocycles. The van der Waals surface area contributed by atoms with Crippen LogP contribution in [0.3, 0.4) is 0 Å². The van der Waals surface area contributed by atoms with E-state index in [9.17, 15) is 13.2 Å². The second-order valence-corrected chi connectivity index (χ2v) is 8.93. The van der Waals surface area contributed by atoms with Crippen LogP contribution in [0.1, 0.15) is 36.8 Å². The van der Waals surface area contributed by atoms with E-state index in [4.69, 9.17) is 0 Å². The van der Waals surface area contributed by atoms with Crippen molar-refractivity contribution in [3.63, 3.8) is 0 Å². The van der Waals surface area contributed by atoms with E-state index in [0.717, 1.165) is 44.2 Å². The second kappa shape index (κ2) is 8.52. The largest absolute Gasteiger partial charge is 0.341 e. The first-order chi connectivity index (χ1) is 11.5. The second-order valence-electron chi connectivity index (χ2n) is 6.82. The van der Waals surface area contributed by atoms with Crippen LogP contribution in [0.4, 0.5) is 0 Å². The Kier molecular flexibility index (Phi) is 6.88. The van der Waals surface area contributed by atoms with Gasteiger partial charge in [-0.3, -0.25) is 4.79 Å². The maximum Gasteiger partial charge on any atom is 0.223 e. The number of hydrogen-bond donors (Lipinski definition) is 1. The minimum Gasteiger partial charge on any atom is -0.341 e. The average Bonchev–Trinajstić information content (AvgIpc) is 3.07. The number of likely N-dealkylation sites (tertiary alicyclic amines) is 1. The number of benzene rings is 1. The van der Waals surface area contributed by atoms with Crippen molar-refractivity contribution in [2.24, 2.45) is 0 Å². The lowest BCUT2D eigenvalue weighted by atomic mass is 10.1. The van der Waals surface area contributed by atoms with Gasteiger partial charge in [-0.1, -0.05) is 6.07 Å². The fourth-order valence-corrected chi connectivity index (χ4v) is 4.95. The van der Waals surface area contributed by atoms with Gasteiger partial charge in [0.2, 0.25) is 5.91 Å². The fraction of sp³-hybridized carbons (Fsp3) is 0.611. The van der Waals surface area contributed by atoms with E-state index >= 15 is 0 Å². The van der Waals surface area contributed by atoms with Crippen molar-refractivity contribution in [2.75, 3.05) is 25.9 Å². The van der Waals surface area contributed by atoms with E-state index in [1.54, 1.807) is 17.0 Å². The number of rotatable bonds is 5. The van der Waals surface area contributed by atoms with Crippen LogP contribution in [0.5, 0.6) is 0 Å². The number of fused-ring (bicyclic) bond motifs is 1. The zero-order valence-electron chi connectivity index (χ0n) is 14.7. The van der Waals surface area contributed by atoms with Crippen molar-refractivity contribution in [2.45, 2.75) is 49.5 Å². The van der Waals surface area contributed by atoms with Crippen molar-refractivity contribution < 1.29 is 13.2 Å². The molecule has 1 N–H and O–H groups in total. The maximum atomic E-state index is 12.6. The fourth-order valence-electron chi connectivity index (χ4n) is 3.68. The van der Waals surface area contributed by atoms with E-state index in [0.29, 0.717) is 17.5 Å². The smallest absolute Gasteiger partial charge is 0.223 e. The third-order valence-corrected chi connectivity index (χ3v) is 6.91. The number of halogens is 1. The van der Waals surface area contributed by atoms with Gasteiger partial charge in [0, 0.05) is 25.6 Å². The first kappa shape index (κ1) is 20.2. The third-order valence-electron chi connectivity index (χ3n) is 5.20. The Balaban J connectivity index is 0.00000225. The minimum absolute atomic E-state index is 0. The first-order valence-electron chi connectivity index (χ1n) is 8.79. The molecule has 7 heteroatoms. The van der Waals surface area contributed by atoms with E-state index in [-0.39, 0.29) is 30.5 Å². The summed E-state index contributed by atoms with van der Waals surface area (Å²) in [6, 6.07) is 5.75. The summed E-state index contributed by atoms with van der Waals surface area (Å²) in [5.41, 5.74) is 2.41. The van der Waals surface area contributed by atoms with Gasteiger partial charge in [0.05, 0.1) is 10.6 Å². The molecule has 0 bridgehead atoms. The molecule has 1 fully saturated rings. The highest BCUT2D eigenvalue weighted by atomic mass is 35.5. The highest BCUT2D eigenvalue weighted by Gasteiger charge is 2.25. The molecule has 0 saturated carbocycles. The van der Waals surface area contributed by atoms with Crippen molar-refractivity contribution in [3.05, 3.63) is 29.3 Å². The summed E-state index contributed by atoms with van der Waals surface area (Å²) in [6.45, 7) is 1.41. The lowest BCUT2D eigenvalue weighted by molar-refractivity contribution is -0.132. The monoisotopic (exact) mass is 386 g/mol. The standard InChI is InChI=1S/C18H26N2O3S.ClH/c1-19-16-6-3-10-20(13-16)18(21)9-11-24(22,23)17-8-7-14-4-2-5-15(14)12-17;/h7-8,12,16,19H,2-6,9-11,13H2,1H3;1H.